The van der Waals surface area contributed by atoms with Crippen molar-refractivity contribution in [1.82, 2.24) is 4.90 Å². The molecule has 1 aliphatic carbocycles. The first-order valence-corrected chi connectivity index (χ1v) is 7.50. The van der Waals surface area contributed by atoms with E-state index in [1.807, 2.05) is 0 Å². The number of hydrogen-bond acceptors (Lipinski definition) is 3. The van der Waals surface area contributed by atoms with Gasteiger partial charge in [0.15, 0.2) is 0 Å². The Hall–Kier alpha value is -1.06. The molecule has 2 aliphatic heterocycles. The second-order valence-corrected chi connectivity index (χ2v) is 6.10. The van der Waals surface area contributed by atoms with Crippen molar-refractivity contribution >= 4 is 5.69 Å². The molecule has 3 nitrogen and oxygen atoms in total. The first-order chi connectivity index (χ1) is 9.34. The summed E-state index contributed by atoms with van der Waals surface area (Å²) in [4.78, 5) is 5.07. The van der Waals surface area contributed by atoms with E-state index in [2.05, 4.69) is 35.0 Å². The lowest BCUT2D eigenvalue weighted by Crippen LogP contribution is -2.37. The standard InChI is InChI=1S/C16H22N2O/c1-17-6-5-12-11-15(17)16-13(12)3-2-4-14(16)18-7-9-19-10-8-18/h2-4,12,15H,5-11H2,1H3/t12-,15-/m1/s1. The molecular formula is C16H22N2O. The summed E-state index contributed by atoms with van der Waals surface area (Å²) in [5.41, 5.74) is 4.72. The zero-order chi connectivity index (χ0) is 12.8. The SMILES string of the molecule is CN1CC[C@@H]2C[C@@H]1c1c2cccc1N1CCOCC1. The number of morpholine rings is 1. The van der Waals surface area contributed by atoms with Crippen LogP contribution in [-0.4, -0.2) is 44.8 Å². The van der Waals surface area contributed by atoms with Gasteiger partial charge in [0.25, 0.3) is 0 Å². The average Bonchev–Trinajstić information content (AvgIpc) is 2.79. The van der Waals surface area contributed by atoms with Gasteiger partial charge >= 0.3 is 0 Å². The Morgan fingerprint density at radius 2 is 2.00 bits per heavy atom. The van der Waals surface area contributed by atoms with E-state index in [4.69, 9.17) is 4.74 Å². The number of hydrogen-bond donors (Lipinski definition) is 0. The lowest BCUT2D eigenvalue weighted by molar-refractivity contribution is 0.122. The second-order valence-electron chi connectivity index (χ2n) is 6.10. The van der Waals surface area contributed by atoms with Crippen LogP contribution in [0.4, 0.5) is 5.69 Å². The Bertz CT molecular complexity index is 482. The van der Waals surface area contributed by atoms with Crippen molar-refractivity contribution in [3.05, 3.63) is 29.3 Å². The Morgan fingerprint density at radius 3 is 2.84 bits per heavy atom. The van der Waals surface area contributed by atoms with Gasteiger partial charge in [0, 0.05) is 24.8 Å². The maximum atomic E-state index is 5.50. The Morgan fingerprint density at radius 1 is 1.16 bits per heavy atom. The van der Waals surface area contributed by atoms with Gasteiger partial charge < -0.3 is 9.64 Å². The molecule has 1 aromatic rings. The van der Waals surface area contributed by atoms with Crippen molar-refractivity contribution in [2.45, 2.75) is 24.8 Å². The number of rotatable bonds is 1. The third-order valence-electron chi connectivity index (χ3n) is 5.11. The van der Waals surface area contributed by atoms with Gasteiger partial charge in [0.2, 0.25) is 0 Å². The molecule has 2 atom stereocenters. The molecule has 0 radical (unpaired) electrons. The number of piperidine rings is 1. The summed E-state index contributed by atoms with van der Waals surface area (Å²) < 4.78 is 5.50. The number of benzene rings is 1. The van der Waals surface area contributed by atoms with E-state index in [-0.39, 0.29) is 0 Å². The third-order valence-corrected chi connectivity index (χ3v) is 5.11. The maximum absolute atomic E-state index is 5.50. The van der Waals surface area contributed by atoms with Crippen molar-refractivity contribution in [3.8, 4) is 0 Å². The molecule has 0 N–H and O–H groups in total. The quantitative estimate of drug-likeness (QED) is 0.769. The van der Waals surface area contributed by atoms with Crippen LogP contribution in [0.2, 0.25) is 0 Å². The molecule has 3 heteroatoms. The number of ether oxygens (including phenoxy) is 1. The minimum absolute atomic E-state index is 0.646. The third kappa shape index (κ3) is 1.79. The molecular weight excluding hydrogens is 236 g/mol. The number of anilines is 1. The minimum Gasteiger partial charge on any atom is -0.378 e. The molecule has 102 valence electrons. The number of fused-ring (bicyclic) bond motifs is 5. The summed E-state index contributed by atoms with van der Waals surface area (Å²) in [5.74, 6) is 0.803. The molecule has 2 bridgehead atoms. The fourth-order valence-electron chi connectivity index (χ4n) is 4.07. The molecule has 0 unspecified atom stereocenters. The van der Waals surface area contributed by atoms with Crippen LogP contribution in [0.3, 0.4) is 0 Å². The molecule has 0 amide bonds. The van der Waals surface area contributed by atoms with Gasteiger partial charge in [0.1, 0.15) is 0 Å². The van der Waals surface area contributed by atoms with Gasteiger partial charge in [0.05, 0.1) is 13.2 Å². The molecule has 19 heavy (non-hydrogen) atoms. The molecule has 0 saturated carbocycles. The Kier molecular flexibility index (Phi) is 2.78. The van der Waals surface area contributed by atoms with Gasteiger partial charge in [-0.3, -0.25) is 4.90 Å². The van der Waals surface area contributed by atoms with Crippen LogP contribution < -0.4 is 4.90 Å². The van der Waals surface area contributed by atoms with Crippen LogP contribution >= 0.6 is 0 Å². The van der Waals surface area contributed by atoms with E-state index in [9.17, 15) is 0 Å². The van der Waals surface area contributed by atoms with Gasteiger partial charge in [-0.25, -0.2) is 0 Å². The lowest BCUT2D eigenvalue weighted by atomic mass is 9.96. The van der Waals surface area contributed by atoms with E-state index in [1.54, 1.807) is 11.1 Å². The number of nitrogens with zero attached hydrogens (tertiary/aromatic N) is 2. The summed E-state index contributed by atoms with van der Waals surface area (Å²) in [6, 6.07) is 7.58. The van der Waals surface area contributed by atoms with Crippen LogP contribution in [0.1, 0.15) is 35.9 Å². The van der Waals surface area contributed by atoms with Crippen molar-refractivity contribution in [1.29, 1.82) is 0 Å². The highest BCUT2D eigenvalue weighted by atomic mass is 16.5. The molecule has 1 aromatic carbocycles. The smallest absolute Gasteiger partial charge is 0.0642 e. The molecule has 2 heterocycles. The van der Waals surface area contributed by atoms with Crippen LogP contribution in [0.15, 0.2) is 18.2 Å². The van der Waals surface area contributed by atoms with E-state index in [0.29, 0.717) is 6.04 Å². The van der Waals surface area contributed by atoms with Crippen LogP contribution in [0, 0.1) is 0 Å². The largest absolute Gasteiger partial charge is 0.378 e. The number of likely N-dealkylation sites (tertiary alicyclic amines) is 1. The minimum atomic E-state index is 0.646. The fraction of sp³-hybridized carbons (Fsp3) is 0.625. The summed E-state index contributed by atoms with van der Waals surface area (Å²) in [6.07, 6.45) is 2.65. The van der Waals surface area contributed by atoms with Gasteiger partial charge in [-0.2, -0.15) is 0 Å². The Balaban J connectivity index is 1.77. The highest BCUT2D eigenvalue weighted by Gasteiger charge is 2.39. The zero-order valence-corrected chi connectivity index (χ0v) is 11.6. The molecule has 3 aliphatic rings. The summed E-state index contributed by atoms with van der Waals surface area (Å²) in [6.45, 7) is 5.06. The van der Waals surface area contributed by atoms with Crippen molar-refractivity contribution in [2.24, 2.45) is 0 Å². The van der Waals surface area contributed by atoms with Crippen LogP contribution in [0.5, 0.6) is 0 Å². The monoisotopic (exact) mass is 258 g/mol. The summed E-state index contributed by atoms with van der Waals surface area (Å²) >= 11 is 0. The van der Waals surface area contributed by atoms with E-state index >= 15 is 0 Å². The van der Waals surface area contributed by atoms with Gasteiger partial charge in [-0.1, -0.05) is 12.1 Å². The fourth-order valence-corrected chi connectivity index (χ4v) is 4.07. The van der Waals surface area contributed by atoms with Gasteiger partial charge in [-0.15, -0.1) is 0 Å². The molecule has 0 spiro atoms. The van der Waals surface area contributed by atoms with Crippen molar-refractivity contribution in [2.75, 3.05) is 44.8 Å². The van der Waals surface area contributed by atoms with Gasteiger partial charge in [-0.05, 0) is 49.5 Å². The molecule has 0 aromatic heterocycles. The van der Waals surface area contributed by atoms with Crippen LogP contribution in [-0.2, 0) is 4.74 Å². The molecule has 4 rings (SSSR count). The summed E-state index contributed by atoms with van der Waals surface area (Å²) in [7, 11) is 2.28. The van der Waals surface area contributed by atoms with Crippen molar-refractivity contribution in [3.63, 3.8) is 0 Å². The predicted octanol–water partition coefficient (Wildman–Crippen LogP) is 2.39. The zero-order valence-electron chi connectivity index (χ0n) is 11.6. The molecule has 2 saturated heterocycles. The van der Waals surface area contributed by atoms with Crippen molar-refractivity contribution < 1.29 is 4.74 Å². The maximum Gasteiger partial charge on any atom is 0.0642 e. The Labute approximate surface area is 115 Å². The average molecular weight is 258 g/mol. The second kappa shape index (κ2) is 4.50. The molecule has 2 fully saturated rings. The predicted molar refractivity (Wildman–Crippen MR) is 76.8 cm³/mol. The summed E-state index contributed by atoms with van der Waals surface area (Å²) in [5, 5.41) is 0. The van der Waals surface area contributed by atoms with E-state index in [0.717, 1.165) is 32.2 Å². The van der Waals surface area contributed by atoms with E-state index < -0.39 is 0 Å². The van der Waals surface area contributed by atoms with Crippen LogP contribution in [0.25, 0.3) is 0 Å². The normalized spacial score (nSPS) is 30.5. The first-order valence-electron chi connectivity index (χ1n) is 7.50. The van der Waals surface area contributed by atoms with E-state index in [1.165, 1.54) is 25.1 Å². The lowest BCUT2D eigenvalue weighted by Gasteiger charge is -2.34. The highest BCUT2D eigenvalue weighted by molar-refractivity contribution is 5.61. The topological polar surface area (TPSA) is 15.7 Å². The highest BCUT2D eigenvalue weighted by Crippen LogP contribution is 2.51. The first kappa shape index (κ1) is 11.7.